The highest BCUT2D eigenvalue weighted by molar-refractivity contribution is 6.34. The molecule has 0 saturated carbocycles. The standard InChI is InChI=1S/C24H17Cl2FN2O3/c1-31-22-12-16(10-17(13-28)24(30)29-21-5-3-2-4-19(21)25)11-20(26)23(22)32-14-15-6-8-18(27)9-7-15/h2-12H,14H2,1H3,(H,29,30)/b17-10+. The van der Waals surface area contributed by atoms with Crippen LogP contribution < -0.4 is 14.8 Å². The Bertz CT molecular complexity index is 1200. The van der Waals surface area contributed by atoms with Gasteiger partial charge < -0.3 is 14.8 Å². The Morgan fingerprint density at radius 2 is 1.84 bits per heavy atom. The molecule has 32 heavy (non-hydrogen) atoms. The SMILES string of the molecule is COc1cc(/C=C(\C#N)C(=O)Nc2ccccc2Cl)cc(Cl)c1OCc1ccc(F)cc1. The van der Waals surface area contributed by atoms with Gasteiger partial charge in [-0.15, -0.1) is 0 Å². The molecule has 0 unspecified atom stereocenters. The van der Waals surface area contributed by atoms with Crippen molar-refractivity contribution in [3.05, 3.63) is 93.2 Å². The van der Waals surface area contributed by atoms with Crippen molar-refractivity contribution in [2.24, 2.45) is 0 Å². The minimum atomic E-state index is -0.618. The Morgan fingerprint density at radius 3 is 2.50 bits per heavy atom. The molecule has 3 aromatic carbocycles. The number of carbonyl (C=O) groups excluding carboxylic acids is 1. The van der Waals surface area contributed by atoms with Crippen LogP contribution in [-0.4, -0.2) is 13.0 Å². The van der Waals surface area contributed by atoms with Crippen molar-refractivity contribution in [1.82, 2.24) is 0 Å². The Labute approximate surface area is 194 Å². The quantitative estimate of drug-likeness (QED) is 0.326. The lowest BCUT2D eigenvalue weighted by molar-refractivity contribution is -0.112. The predicted molar refractivity (Wildman–Crippen MR) is 122 cm³/mol. The molecule has 0 bridgehead atoms. The number of nitriles is 1. The Kier molecular flexibility index (Phi) is 7.72. The second-order valence-corrected chi connectivity index (χ2v) is 7.37. The van der Waals surface area contributed by atoms with Crippen molar-refractivity contribution >= 4 is 40.9 Å². The van der Waals surface area contributed by atoms with Crippen molar-refractivity contribution in [2.45, 2.75) is 6.61 Å². The number of amides is 1. The molecule has 5 nitrogen and oxygen atoms in total. The van der Waals surface area contributed by atoms with Gasteiger partial charge in [-0.25, -0.2) is 4.39 Å². The predicted octanol–water partition coefficient (Wildman–Crippen LogP) is 6.27. The number of para-hydroxylation sites is 1. The summed E-state index contributed by atoms with van der Waals surface area (Å²) in [6, 6.07) is 17.6. The molecule has 0 aliphatic rings. The maximum absolute atomic E-state index is 13.1. The third kappa shape index (κ3) is 5.79. The highest BCUT2D eigenvalue weighted by Crippen LogP contribution is 2.37. The number of benzene rings is 3. The molecule has 0 saturated heterocycles. The van der Waals surface area contributed by atoms with Crippen molar-refractivity contribution in [3.8, 4) is 17.6 Å². The number of halogens is 3. The van der Waals surface area contributed by atoms with Gasteiger partial charge in [0.15, 0.2) is 11.5 Å². The van der Waals surface area contributed by atoms with E-state index in [1.165, 1.54) is 25.3 Å². The summed E-state index contributed by atoms with van der Waals surface area (Å²) in [7, 11) is 1.44. The molecular formula is C24H17Cl2FN2O3. The van der Waals surface area contributed by atoms with Crippen LogP contribution in [0.25, 0.3) is 6.08 Å². The number of hydrogen-bond donors (Lipinski definition) is 1. The number of anilines is 1. The van der Waals surface area contributed by atoms with E-state index in [1.807, 2.05) is 6.07 Å². The monoisotopic (exact) mass is 470 g/mol. The number of methoxy groups -OCH3 is 1. The lowest BCUT2D eigenvalue weighted by Crippen LogP contribution is -2.13. The van der Waals surface area contributed by atoms with E-state index in [1.54, 1.807) is 48.5 Å². The van der Waals surface area contributed by atoms with Crippen LogP contribution in [0, 0.1) is 17.1 Å². The molecule has 1 N–H and O–H groups in total. The first kappa shape index (κ1) is 23.1. The first-order valence-corrected chi connectivity index (χ1v) is 10.1. The summed E-state index contributed by atoms with van der Waals surface area (Å²) in [5.41, 5.74) is 1.45. The molecule has 8 heteroatoms. The number of ether oxygens (including phenoxy) is 2. The van der Waals surface area contributed by atoms with Crippen LogP contribution >= 0.6 is 23.2 Å². The largest absolute Gasteiger partial charge is 0.493 e. The highest BCUT2D eigenvalue weighted by atomic mass is 35.5. The number of nitrogens with zero attached hydrogens (tertiary/aromatic N) is 1. The smallest absolute Gasteiger partial charge is 0.266 e. The number of hydrogen-bond acceptors (Lipinski definition) is 4. The summed E-state index contributed by atoms with van der Waals surface area (Å²) >= 11 is 12.4. The van der Waals surface area contributed by atoms with E-state index < -0.39 is 5.91 Å². The summed E-state index contributed by atoms with van der Waals surface area (Å²) in [6.07, 6.45) is 1.38. The summed E-state index contributed by atoms with van der Waals surface area (Å²) < 4.78 is 24.2. The van der Waals surface area contributed by atoms with Gasteiger partial charge in [0.1, 0.15) is 24.1 Å². The summed E-state index contributed by atoms with van der Waals surface area (Å²) in [6.45, 7) is 0.148. The molecule has 0 fully saturated rings. The zero-order valence-corrected chi connectivity index (χ0v) is 18.4. The second kappa shape index (κ2) is 10.7. The second-order valence-electron chi connectivity index (χ2n) is 6.55. The first-order chi connectivity index (χ1) is 15.4. The van der Waals surface area contributed by atoms with Gasteiger partial charge >= 0.3 is 0 Å². The number of carbonyl (C=O) groups is 1. The van der Waals surface area contributed by atoms with Crippen LogP contribution in [0.4, 0.5) is 10.1 Å². The average molecular weight is 471 g/mol. The van der Waals surface area contributed by atoms with Crippen molar-refractivity contribution in [1.29, 1.82) is 5.26 Å². The van der Waals surface area contributed by atoms with E-state index in [4.69, 9.17) is 32.7 Å². The van der Waals surface area contributed by atoms with Crippen LogP contribution in [0.1, 0.15) is 11.1 Å². The molecule has 1 amide bonds. The van der Waals surface area contributed by atoms with Gasteiger partial charge in [-0.05, 0) is 53.6 Å². The van der Waals surface area contributed by atoms with Gasteiger partial charge in [-0.3, -0.25) is 4.79 Å². The number of rotatable bonds is 7. The minimum absolute atomic E-state index is 0.148. The van der Waals surface area contributed by atoms with Gasteiger partial charge in [-0.1, -0.05) is 47.5 Å². The van der Waals surface area contributed by atoms with E-state index in [9.17, 15) is 14.4 Å². The van der Waals surface area contributed by atoms with Crippen LogP contribution in [0.15, 0.2) is 66.2 Å². The lowest BCUT2D eigenvalue weighted by Gasteiger charge is -2.14. The topological polar surface area (TPSA) is 71.3 Å². The van der Waals surface area contributed by atoms with E-state index in [2.05, 4.69) is 5.32 Å². The molecule has 0 radical (unpaired) electrons. The molecule has 0 aliphatic heterocycles. The van der Waals surface area contributed by atoms with Crippen molar-refractivity contribution in [2.75, 3.05) is 12.4 Å². The maximum atomic E-state index is 13.1. The molecule has 0 heterocycles. The van der Waals surface area contributed by atoms with Gasteiger partial charge in [0.05, 0.1) is 22.8 Å². The Hall–Kier alpha value is -3.53. The molecule has 0 spiro atoms. The lowest BCUT2D eigenvalue weighted by atomic mass is 10.1. The van der Waals surface area contributed by atoms with Crippen LogP contribution in [-0.2, 0) is 11.4 Å². The minimum Gasteiger partial charge on any atom is -0.493 e. The molecule has 3 rings (SSSR count). The van der Waals surface area contributed by atoms with E-state index in [-0.39, 0.29) is 28.8 Å². The van der Waals surface area contributed by atoms with Crippen LogP contribution in [0.3, 0.4) is 0 Å². The van der Waals surface area contributed by atoms with Gasteiger partial charge in [0.2, 0.25) is 0 Å². The zero-order chi connectivity index (χ0) is 23.1. The molecular weight excluding hydrogens is 454 g/mol. The summed E-state index contributed by atoms with van der Waals surface area (Å²) in [5, 5.41) is 12.6. The fraction of sp³-hybridized carbons (Fsp3) is 0.0833. The highest BCUT2D eigenvalue weighted by Gasteiger charge is 2.15. The number of nitrogens with one attached hydrogen (secondary N) is 1. The Morgan fingerprint density at radius 1 is 1.12 bits per heavy atom. The maximum Gasteiger partial charge on any atom is 0.266 e. The fourth-order valence-corrected chi connectivity index (χ4v) is 3.22. The van der Waals surface area contributed by atoms with Gasteiger partial charge in [0.25, 0.3) is 5.91 Å². The van der Waals surface area contributed by atoms with Crippen LogP contribution in [0.5, 0.6) is 11.5 Å². The summed E-state index contributed by atoms with van der Waals surface area (Å²) in [5.74, 6) is -0.357. The van der Waals surface area contributed by atoms with E-state index >= 15 is 0 Å². The summed E-state index contributed by atoms with van der Waals surface area (Å²) in [4.78, 5) is 12.5. The van der Waals surface area contributed by atoms with Gasteiger partial charge in [-0.2, -0.15) is 5.26 Å². The van der Waals surface area contributed by atoms with Gasteiger partial charge in [0, 0.05) is 0 Å². The zero-order valence-electron chi connectivity index (χ0n) is 16.9. The molecule has 3 aromatic rings. The van der Waals surface area contributed by atoms with E-state index in [0.29, 0.717) is 22.0 Å². The Balaban J connectivity index is 1.82. The first-order valence-electron chi connectivity index (χ1n) is 9.33. The average Bonchev–Trinajstić information content (AvgIpc) is 2.79. The molecule has 0 aromatic heterocycles. The third-order valence-electron chi connectivity index (χ3n) is 4.35. The van der Waals surface area contributed by atoms with E-state index in [0.717, 1.165) is 5.56 Å². The molecule has 0 atom stereocenters. The molecule has 162 valence electrons. The van der Waals surface area contributed by atoms with Crippen molar-refractivity contribution < 1.29 is 18.7 Å². The molecule has 0 aliphatic carbocycles. The normalized spacial score (nSPS) is 10.9. The van der Waals surface area contributed by atoms with Crippen LogP contribution in [0.2, 0.25) is 10.0 Å². The third-order valence-corrected chi connectivity index (χ3v) is 4.96. The fourth-order valence-electron chi connectivity index (χ4n) is 2.77. The van der Waals surface area contributed by atoms with Crippen molar-refractivity contribution in [3.63, 3.8) is 0 Å².